The van der Waals surface area contributed by atoms with Crippen molar-refractivity contribution in [2.75, 3.05) is 18.5 Å². The highest BCUT2D eigenvalue weighted by molar-refractivity contribution is 5.90. The fourth-order valence-corrected chi connectivity index (χ4v) is 1.84. The van der Waals surface area contributed by atoms with Crippen LogP contribution in [-0.4, -0.2) is 41.0 Å². The highest BCUT2D eigenvalue weighted by atomic mass is 16.5. The zero-order valence-corrected chi connectivity index (χ0v) is 10.9. The number of nitrogens with zero attached hydrogens (tertiary/aromatic N) is 2. The molecule has 19 heavy (non-hydrogen) atoms. The molecule has 7 nitrogen and oxygen atoms in total. The Bertz CT molecular complexity index is 504. The molecule has 1 unspecified atom stereocenters. The normalized spacial score (nSPS) is 18.0. The van der Waals surface area contributed by atoms with Crippen LogP contribution < -0.4 is 10.6 Å². The van der Waals surface area contributed by atoms with Crippen molar-refractivity contribution in [1.29, 1.82) is 0 Å². The van der Waals surface area contributed by atoms with Crippen LogP contribution in [0.3, 0.4) is 0 Å². The number of ether oxygens (including phenoxy) is 1. The van der Waals surface area contributed by atoms with Gasteiger partial charge in [-0.25, -0.2) is 14.8 Å². The summed E-state index contributed by atoms with van der Waals surface area (Å²) < 4.78 is 4.90. The van der Waals surface area contributed by atoms with Gasteiger partial charge in [0.25, 0.3) is 0 Å². The lowest BCUT2D eigenvalue weighted by atomic mass is 10.2. The molecule has 1 atom stereocenters. The van der Waals surface area contributed by atoms with Crippen molar-refractivity contribution in [3.05, 3.63) is 17.5 Å². The van der Waals surface area contributed by atoms with E-state index in [1.807, 2.05) is 0 Å². The highest BCUT2D eigenvalue weighted by Crippen LogP contribution is 2.11. The first-order chi connectivity index (χ1) is 9.10. The summed E-state index contributed by atoms with van der Waals surface area (Å²) in [5, 5.41) is 5.77. The number of nitrogens with one attached hydrogen (secondary N) is 2. The minimum Gasteiger partial charge on any atom is -0.462 e. The van der Waals surface area contributed by atoms with E-state index in [0.717, 1.165) is 0 Å². The molecule has 1 saturated heterocycles. The van der Waals surface area contributed by atoms with Crippen molar-refractivity contribution in [1.82, 2.24) is 15.3 Å². The standard InChI is InChI=1S/C12H16N4O3/c1-3-19-11(18)9-6-14-12(15-7(9)2)16-8-4-10(17)13-5-8/h6,8H,3-5H2,1-2H3,(H,13,17)(H,14,15,16). The summed E-state index contributed by atoms with van der Waals surface area (Å²) in [7, 11) is 0. The fourth-order valence-electron chi connectivity index (χ4n) is 1.84. The van der Waals surface area contributed by atoms with E-state index >= 15 is 0 Å². The molecular formula is C12H16N4O3. The van der Waals surface area contributed by atoms with Crippen molar-refractivity contribution in [2.24, 2.45) is 0 Å². The van der Waals surface area contributed by atoms with Crippen molar-refractivity contribution < 1.29 is 14.3 Å². The van der Waals surface area contributed by atoms with E-state index in [1.54, 1.807) is 13.8 Å². The number of anilines is 1. The Morgan fingerprint density at radius 2 is 2.42 bits per heavy atom. The number of aromatic nitrogens is 2. The molecule has 1 amide bonds. The number of carbonyl (C=O) groups excluding carboxylic acids is 2. The van der Waals surface area contributed by atoms with E-state index in [2.05, 4.69) is 20.6 Å². The summed E-state index contributed by atoms with van der Waals surface area (Å²) in [5.41, 5.74) is 0.904. The van der Waals surface area contributed by atoms with E-state index < -0.39 is 5.97 Å². The summed E-state index contributed by atoms with van der Waals surface area (Å²) in [6.07, 6.45) is 1.84. The molecule has 0 bridgehead atoms. The first-order valence-corrected chi connectivity index (χ1v) is 6.14. The van der Waals surface area contributed by atoms with Gasteiger partial charge < -0.3 is 15.4 Å². The molecule has 0 saturated carbocycles. The second-order valence-corrected chi connectivity index (χ2v) is 4.26. The molecule has 0 aromatic carbocycles. The number of hydrogen-bond acceptors (Lipinski definition) is 6. The molecule has 1 aromatic rings. The van der Waals surface area contributed by atoms with Gasteiger partial charge in [-0.3, -0.25) is 4.79 Å². The third-order valence-corrected chi connectivity index (χ3v) is 2.79. The molecule has 0 spiro atoms. The quantitative estimate of drug-likeness (QED) is 0.758. The van der Waals surface area contributed by atoms with Gasteiger partial charge in [-0.05, 0) is 13.8 Å². The predicted molar refractivity (Wildman–Crippen MR) is 67.8 cm³/mol. The Morgan fingerprint density at radius 1 is 1.63 bits per heavy atom. The molecule has 2 N–H and O–H groups in total. The van der Waals surface area contributed by atoms with Crippen LogP contribution in [0, 0.1) is 6.92 Å². The molecule has 0 radical (unpaired) electrons. The molecule has 0 aliphatic carbocycles. The summed E-state index contributed by atoms with van der Waals surface area (Å²) in [5.74, 6) is -0.00586. The molecule has 102 valence electrons. The first kappa shape index (κ1) is 13.3. The SMILES string of the molecule is CCOC(=O)c1cnc(NC2CNC(=O)C2)nc1C. The van der Waals surface area contributed by atoms with Gasteiger partial charge >= 0.3 is 5.97 Å². The number of aryl methyl sites for hydroxylation is 1. The monoisotopic (exact) mass is 264 g/mol. The minimum atomic E-state index is -0.427. The smallest absolute Gasteiger partial charge is 0.341 e. The van der Waals surface area contributed by atoms with Gasteiger partial charge in [-0.2, -0.15) is 0 Å². The summed E-state index contributed by atoms with van der Waals surface area (Å²) in [6, 6.07) is -0.0136. The van der Waals surface area contributed by atoms with Gasteiger partial charge in [-0.1, -0.05) is 0 Å². The third-order valence-electron chi connectivity index (χ3n) is 2.79. The average Bonchev–Trinajstić information content (AvgIpc) is 2.75. The average molecular weight is 264 g/mol. The Labute approximate surface area is 110 Å². The lowest BCUT2D eigenvalue weighted by molar-refractivity contribution is -0.119. The minimum absolute atomic E-state index is 0.0114. The van der Waals surface area contributed by atoms with Gasteiger partial charge in [0.05, 0.1) is 23.9 Å². The molecule has 1 aliphatic rings. The van der Waals surface area contributed by atoms with E-state index in [4.69, 9.17) is 4.74 Å². The largest absolute Gasteiger partial charge is 0.462 e. The third kappa shape index (κ3) is 3.18. The van der Waals surface area contributed by atoms with E-state index in [0.29, 0.717) is 36.8 Å². The number of rotatable bonds is 4. The van der Waals surface area contributed by atoms with Crippen molar-refractivity contribution in [3.63, 3.8) is 0 Å². The molecule has 7 heteroatoms. The lowest BCUT2D eigenvalue weighted by Crippen LogP contribution is -2.24. The number of esters is 1. The maximum atomic E-state index is 11.6. The highest BCUT2D eigenvalue weighted by Gasteiger charge is 2.22. The first-order valence-electron chi connectivity index (χ1n) is 6.14. The van der Waals surface area contributed by atoms with Crippen LogP contribution in [0.1, 0.15) is 29.4 Å². The Hall–Kier alpha value is -2.18. The van der Waals surface area contributed by atoms with Crippen LogP contribution in [0.5, 0.6) is 0 Å². The molecule has 1 fully saturated rings. The molecule has 2 heterocycles. The van der Waals surface area contributed by atoms with Crippen LogP contribution in [0.4, 0.5) is 5.95 Å². The maximum Gasteiger partial charge on any atom is 0.341 e. The zero-order chi connectivity index (χ0) is 13.8. The second-order valence-electron chi connectivity index (χ2n) is 4.26. The van der Waals surface area contributed by atoms with Crippen LogP contribution in [0.25, 0.3) is 0 Å². The van der Waals surface area contributed by atoms with Crippen molar-refractivity contribution in [3.8, 4) is 0 Å². The summed E-state index contributed by atoms with van der Waals surface area (Å²) >= 11 is 0. The van der Waals surface area contributed by atoms with Crippen molar-refractivity contribution >= 4 is 17.8 Å². The molecule has 1 aromatic heterocycles. The van der Waals surface area contributed by atoms with Crippen molar-refractivity contribution in [2.45, 2.75) is 26.3 Å². The molecular weight excluding hydrogens is 248 g/mol. The zero-order valence-electron chi connectivity index (χ0n) is 10.9. The van der Waals surface area contributed by atoms with Gasteiger partial charge in [0, 0.05) is 19.2 Å². The molecule has 2 rings (SSSR count). The predicted octanol–water partition coefficient (Wildman–Crippen LogP) is 0.262. The molecule has 1 aliphatic heterocycles. The van der Waals surface area contributed by atoms with Crippen LogP contribution in [0.15, 0.2) is 6.20 Å². The van der Waals surface area contributed by atoms with E-state index in [9.17, 15) is 9.59 Å². The van der Waals surface area contributed by atoms with Gasteiger partial charge in [0.2, 0.25) is 11.9 Å². The number of amides is 1. The maximum absolute atomic E-state index is 11.6. The van der Waals surface area contributed by atoms with E-state index in [1.165, 1.54) is 6.20 Å². The lowest BCUT2D eigenvalue weighted by Gasteiger charge is -2.11. The fraction of sp³-hybridized carbons (Fsp3) is 0.500. The van der Waals surface area contributed by atoms with E-state index in [-0.39, 0.29) is 11.9 Å². The second kappa shape index (κ2) is 5.64. The summed E-state index contributed by atoms with van der Waals surface area (Å²) in [4.78, 5) is 30.9. The Balaban J connectivity index is 2.06. The topological polar surface area (TPSA) is 93.2 Å². The summed E-state index contributed by atoms with van der Waals surface area (Å²) in [6.45, 7) is 4.33. The Morgan fingerprint density at radius 3 is 3.00 bits per heavy atom. The Kier molecular flexibility index (Phi) is 3.94. The van der Waals surface area contributed by atoms with Crippen LogP contribution >= 0.6 is 0 Å². The van der Waals surface area contributed by atoms with Gasteiger partial charge in [0.1, 0.15) is 0 Å². The number of hydrogen-bond donors (Lipinski definition) is 2. The van der Waals surface area contributed by atoms with Crippen LogP contribution in [-0.2, 0) is 9.53 Å². The number of carbonyl (C=O) groups is 2. The van der Waals surface area contributed by atoms with Gasteiger partial charge in [-0.15, -0.1) is 0 Å². The van der Waals surface area contributed by atoms with Crippen LogP contribution in [0.2, 0.25) is 0 Å². The van der Waals surface area contributed by atoms with Gasteiger partial charge in [0.15, 0.2) is 0 Å².